The molecule has 1 radical (unpaired) electrons. The van der Waals surface area contributed by atoms with Crippen molar-refractivity contribution in [2.24, 2.45) is 0 Å². The van der Waals surface area contributed by atoms with E-state index < -0.39 is 15.8 Å². The van der Waals surface area contributed by atoms with Gasteiger partial charge >= 0.3 is 0 Å². The molecule has 0 amide bonds. The van der Waals surface area contributed by atoms with Gasteiger partial charge < -0.3 is 9.47 Å². The first-order chi connectivity index (χ1) is 11.0. The number of hydrogen-bond acceptors (Lipinski definition) is 4. The molecule has 2 atom stereocenters. The maximum Gasteiger partial charge on any atom is 0.243 e. The lowest BCUT2D eigenvalue weighted by atomic mass is 9.83. The van der Waals surface area contributed by atoms with Crippen LogP contribution in [0, 0.1) is 6.42 Å². The van der Waals surface area contributed by atoms with E-state index in [2.05, 4.69) is 6.42 Å². The van der Waals surface area contributed by atoms with Crippen molar-refractivity contribution in [1.82, 2.24) is 4.31 Å². The zero-order valence-corrected chi connectivity index (χ0v) is 14.2. The average molecular weight is 357 g/mol. The highest BCUT2D eigenvalue weighted by molar-refractivity contribution is 7.89. The summed E-state index contributed by atoms with van der Waals surface area (Å²) >= 11 is 5.88. The predicted molar refractivity (Wildman–Crippen MR) is 85.5 cm³/mol. The number of piperidine rings is 2. The minimum atomic E-state index is -3.54. The van der Waals surface area contributed by atoms with Gasteiger partial charge in [-0.3, -0.25) is 0 Å². The molecule has 3 aliphatic rings. The third-order valence-corrected chi connectivity index (χ3v) is 7.16. The maximum absolute atomic E-state index is 13.1. The monoisotopic (exact) mass is 356 g/mol. The first-order valence-electron chi connectivity index (χ1n) is 7.89. The highest BCUT2D eigenvalue weighted by Gasteiger charge is 2.53. The molecule has 2 unspecified atom stereocenters. The molecule has 2 bridgehead atoms. The quantitative estimate of drug-likeness (QED) is 0.817. The molecular formula is C16H19ClNO4S. The minimum absolute atomic E-state index is 0.110. The summed E-state index contributed by atoms with van der Waals surface area (Å²) in [6.45, 7) is 1.18. The predicted octanol–water partition coefficient (Wildman–Crippen LogP) is 2.60. The van der Waals surface area contributed by atoms with Crippen molar-refractivity contribution < 1.29 is 17.9 Å². The SMILES string of the molecule is O=S(=O)(c1ccc(Cl)cc1)N1C2C[CH]CC1CC1(C2)OCCO1. The van der Waals surface area contributed by atoms with Gasteiger partial charge in [0.15, 0.2) is 5.79 Å². The molecule has 0 aromatic heterocycles. The molecule has 3 saturated heterocycles. The lowest BCUT2D eigenvalue weighted by molar-refractivity contribution is -0.202. The molecule has 7 heteroatoms. The van der Waals surface area contributed by atoms with Gasteiger partial charge in [-0.2, -0.15) is 4.31 Å². The highest BCUT2D eigenvalue weighted by Crippen LogP contribution is 2.45. The van der Waals surface area contributed by atoms with E-state index in [1.165, 1.54) is 0 Å². The summed E-state index contributed by atoms with van der Waals surface area (Å²) < 4.78 is 39.5. The van der Waals surface area contributed by atoms with Gasteiger partial charge in [0.2, 0.25) is 10.0 Å². The Morgan fingerprint density at radius 2 is 1.61 bits per heavy atom. The molecule has 125 valence electrons. The third-order valence-electron chi connectivity index (χ3n) is 4.89. The van der Waals surface area contributed by atoms with Gasteiger partial charge in [-0.15, -0.1) is 0 Å². The van der Waals surface area contributed by atoms with Crippen LogP contribution < -0.4 is 0 Å². The number of nitrogens with zero attached hydrogens (tertiary/aromatic N) is 1. The summed E-state index contributed by atoms with van der Waals surface area (Å²) in [6, 6.07) is 6.16. The van der Waals surface area contributed by atoms with Crippen LogP contribution in [-0.2, 0) is 19.5 Å². The van der Waals surface area contributed by atoms with Crippen LogP contribution in [0.25, 0.3) is 0 Å². The van der Waals surface area contributed by atoms with Crippen molar-refractivity contribution in [3.8, 4) is 0 Å². The van der Waals surface area contributed by atoms with E-state index in [0.717, 1.165) is 12.8 Å². The zero-order chi connectivity index (χ0) is 16.1. The van der Waals surface area contributed by atoms with Crippen molar-refractivity contribution in [1.29, 1.82) is 0 Å². The molecule has 0 N–H and O–H groups in total. The molecule has 1 aromatic carbocycles. The van der Waals surface area contributed by atoms with Crippen LogP contribution >= 0.6 is 11.6 Å². The number of benzene rings is 1. The van der Waals surface area contributed by atoms with Crippen LogP contribution in [0.4, 0.5) is 0 Å². The highest BCUT2D eigenvalue weighted by atomic mass is 35.5. The van der Waals surface area contributed by atoms with Gasteiger partial charge in [-0.25, -0.2) is 8.42 Å². The first-order valence-corrected chi connectivity index (χ1v) is 9.71. The average Bonchev–Trinajstić information content (AvgIpc) is 2.94. The van der Waals surface area contributed by atoms with Crippen molar-refractivity contribution in [3.63, 3.8) is 0 Å². The second-order valence-corrected chi connectivity index (χ2v) is 8.65. The standard InChI is InChI=1S/C16H19ClNO4S/c17-12-4-6-15(7-5-12)23(19,20)18-13-2-1-3-14(18)11-16(10-13)21-8-9-22-16/h1,4-7,13-14H,2-3,8-11H2. The van der Waals surface area contributed by atoms with Gasteiger partial charge in [-0.05, 0) is 43.5 Å². The number of ether oxygens (including phenoxy) is 2. The lowest BCUT2D eigenvalue weighted by Crippen LogP contribution is -2.60. The second kappa shape index (κ2) is 5.70. The summed E-state index contributed by atoms with van der Waals surface area (Å²) in [5.41, 5.74) is 0. The van der Waals surface area contributed by atoms with Gasteiger partial charge in [0.05, 0.1) is 18.1 Å². The molecule has 4 rings (SSSR count). The van der Waals surface area contributed by atoms with Crippen LogP contribution in [0.2, 0.25) is 5.02 Å². The summed E-state index contributed by atoms with van der Waals surface area (Å²) in [4.78, 5) is 0.294. The summed E-state index contributed by atoms with van der Waals surface area (Å²) in [6.07, 6.45) is 4.83. The summed E-state index contributed by atoms with van der Waals surface area (Å²) in [7, 11) is -3.54. The van der Waals surface area contributed by atoms with Crippen LogP contribution in [-0.4, -0.2) is 43.8 Å². The molecule has 1 spiro atoms. The maximum atomic E-state index is 13.1. The number of hydrogen-bond donors (Lipinski definition) is 0. The van der Waals surface area contributed by atoms with Crippen molar-refractivity contribution in [2.45, 2.75) is 48.4 Å². The number of rotatable bonds is 2. The van der Waals surface area contributed by atoms with E-state index in [9.17, 15) is 8.42 Å². The van der Waals surface area contributed by atoms with Gasteiger partial charge in [-0.1, -0.05) is 11.6 Å². The molecule has 3 heterocycles. The van der Waals surface area contributed by atoms with Crippen molar-refractivity contribution >= 4 is 21.6 Å². The number of halogens is 1. The second-order valence-electron chi connectivity index (χ2n) is 6.37. The topological polar surface area (TPSA) is 55.8 Å². The first kappa shape index (κ1) is 15.8. The van der Waals surface area contributed by atoms with E-state index >= 15 is 0 Å². The number of sulfonamides is 1. The Morgan fingerprint density at radius 1 is 1.04 bits per heavy atom. The lowest BCUT2D eigenvalue weighted by Gasteiger charge is -2.50. The fraction of sp³-hybridized carbons (Fsp3) is 0.562. The fourth-order valence-corrected chi connectivity index (χ4v) is 5.94. The smallest absolute Gasteiger partial charge is 0.243 e. The van der Waals surface area contributed by atoms with Crippen LogP contribution in [0.3, 0.4) is 0 Å². The van der Waals surface area contributed by atoms with E-state index in [0.29, 0.717) is 36.0 Å². The molecule has 0 saturated carbocycles. The Bertz CT molecular complexity index is 669. The van der Waals surface area contributed by atoms with Gasteiger partial charge in [0.1, 0.15) is 0 Å². The fourth-order valence-electron chi connectivity index (χ4n) is 3.99. The van der Waals surface area contributed by atoms with Crippen LogP contribution in [0.15, 0.2) is 29.2 Å². The van der Waals surface area contributed by atoms with Gasteiger partial charge in [0, 0.05) is 29.9 Å². The molecule has 1 aromatic rings. The van der Waals surface area contributed by atoms with E-state index in [1.54, 1.807) is 28.6 Å². The largest absolute Gasteiger partial charge is 0.347 e. The van der Waals surface area contributed by atoms with Crippen LogP contribution in [0.1, 0.15) is 25.7 Å². The molecule has 5 nitrogen and oxygen atoms in total. The molecular weight excluding hydrogens is 338 g/mol. The van der Waals surface area contributed by atoms with E-state index in [4.69, 9.17) is 21.1 Å². The zero-order valence-electron chi connectivity index (χ0n) is 12.7. The Morgan fingerprint density at radius 3 is 2.17 bits per heavy atom. The summed E-state index contributed by atoms with van der Waals surface area (Å²) in [5, 5.41) is 0.530. The molecule has 3 aliphatic heterocycles. The molecule has 3 fully saturated rings. The Labute approximate surface area is 141 Å². The Hall–Kier alpha value is -0.660. The summed E-state index contributed by atoms with van der Waals surface area (Å²) in [5.74, 6) is -0.588. The Balaban J connectivity index is 1.67. The van der Waals surface area contributed by atoms with Crippen molar-refractivity contribution in [2.75, 3.05) is 13.2 Å². The van der Waals surface area contributed by atoms with Crippen LogP contribution in [0.5, 0.6) is 0 Å². The normalized spacial score (nSPS) is 30.7. The third kappa shape index (κ3) is 2.70. The minimum Gasteiger partial charge on any atom is -0.347 e. The van der Waals surface area contributed by atoms with E-state index in [-0.39, 0.29) is 12.1 Å². The van der Waals surface area contributed by atoms with Crippen molar-refractivity contribution in [3.05, 3.63) is 35.7 Å². The number of fused-ring (bicyclic) bond motifs is 2. The van der Waals surface area contributed by atoms with Gasteiger partial charge in [0.25, 0.3) is 0 Å². The molecule has 0 aliphatic carbocycles. The van der Waals surface area contributed by atoms with E-state index in [1.807, 2.05) is 0 Å². The molecule has 23 heavy (non-hydrogen) atoms. The Kier molecular flexibility index (Phi) is 3.93.